The molecule has 0 atom stereocenters. The van der Waals surface area contributed by atoms with Crippen LogP contribution in [-0.2, 0) is 4.79 Å². The Morgan fingerprint density at radius 1 is 1.03 bits per heavy atom. The molecule has 0 aliphatic carbocycles. The van der Waals surface area contributed by atoms with Crippen LogP contribution in [-0.4, -0.2) is 47.3 Å². The van der Waals surface area contributed by atoms with Crippen molar-refractivity contribution in [3.05, 3.63) is 58.1 Å². The van der Waals surface area contributed by atoms with E-state index in [0.717, 1.165) is 30.4 Å². The van der Waals surface area contributed by atoms with Gasteiger partial charge in [-0.25, -0.2) is 9.59 Å². The van der Waals surface area contributed by atoms with Crippen LogP contribution in [0.3, 0.4) is 0 Å². The molecule has 0 aliphatic heterocycles. The van der Waals surface area contributed by atoms with E-state index in [0.29, 0.717) is 16.9 Å². The third-order valence-electron chi connectivity index (χ3n) is 4.34. The molecule has 0 aliphatic rings. The van der Waals surface area contributed by atoms with Crippen molar-refractivity contribution in [2.45, 2.75) is 32.9 Å². The molecule has 0 radical (unpaired) electrons. The molecule has 0 aromatic heterocycles. The first-order valence-electron chi connectivity index (χ1n) is 9.90. The summed E-state index contributed by atoms with van der Waals surface area (Å²) in [5.74, 6) is -4.04. The lowest BCUT2D eigenvalue weighted by molar-refractivity contribution is -0.192. The summed E-state index contributed by atoms with van der Waals surface area (Å²) in [4.78, 5) is 35.0. The number of nitrogens with zero attached hydrogens (tertiary/aromatic N) is 1. The molecule has 0 heterocycles. The summed E-state index contributed by atoms with van der Waals surface area (Å²) in [6.45, 7) is 5.64. The van der Waals surface area contributed by atoms with Gasteiger partial charge in [-0.05, 0) is 55.8 Å². The van der Waals surface area contributed by atoms with E-state index in [-0.39, 0.29) is 11.5 Å². The molecule has 0 spiro atoms. The van der Waals surface area contributed by atoms with Gasteiger partial charge in [0.15, 0.2) is 0 Å². The molecule has 2 rings (SSSR count). The summed E-state index contributed by atoms with van der Waals surface area (Å²) in [5, 5.41) is 19.5. The maximum absolute atomic E-state index is 12.3. The van der Waals surface area contributed by atoms with Crippen molar-refractivity contribution >= 4 is 45.2 Å². The van der Waals surface area contributed by atoms with Gasteiger partial charge in [0.05, 0.1) is 11.3 Å². The number of rotatable bonds is 8. The minimum absolute atomic E-state index is 0.191. The summed E-state index contributed by atoms with van der Waals surface area (Å²) in [7, 11) is 0. The lowest BCUT2D eigenvalue weighted by Crippen LogP contribution is -2.26. The lowest BCUT2D eigenvalue weighted by atomic mass is 10.1. The fourth-order valence-electron chi connectivity index (χ4n) is 2.66. The van der Waals surface area contributed by atoms with Crippen LogP contribution < -0.4 is 10.2 Å². The molecule has 7 nitrogen and oxygen atoms in total. The van der Waals surface area contributed by atoms with Crippen molar-refractivity contribution in [1.29, 1.82) is 0 Å². The highest BCUT2D eigenvalue weighted by molar-refractivity contribution is 9.10. The molecule has 11 heteroatoms. The van der Waals surface area contributed by atoms with E-state index >= 15 is 0 Å². The fraction of sp³-hybridized carbons (Fsp3) is 0.318. The van der Waals surface area contributed by atoms with Gasteiger partial charge in [0.25, 0.3) is 5.91 Å². The van der Waals surface area contributed by atoms with Crippen molar-refractivity contribution in [2.75, 3.05) is 23.3 Å². The van der Waals surface area contributed by atoms with Crippen LogP contribution in [0.4, 0.5) is 24.5 Å². The molecule has 0 bridgehead atoms. The molecular formula is C22H24BrF3N2O5. The Balaban J connectivity index is 0.000000675. The Labute approximate surface area is 197 Å². The van der Waals surface area contributed by atoms with Gasteiger partial charge in [0.2, 0.25) is 0 Å². The van der Waals surface area contributed by atoms with Crippen LogP contribution in [0.2, 0.25) is 0 Å². The minimum atomic E-state index is -5.08. The quantitative estimate of drug-likeness (QED) is 0.405. The van der Waals surface area contributed by atoms with Gasteiger partial charge >= 0.3 is 18.1 Å². The monoisotopic (exact) mass is 532 g/mol. The molecule has 3 N–H and O–H groups in total. The normalized spacial score (nSPS) is 10.6. The molecule has 0 unspecified atom stereocenters. The van der Waals surface area contributed by atoms with E-state index in [1.54, 1.807) is 36.4 Å². The van der Waals surface area contributed by atoms with E-state index < -0.39 is 18.1 Å². The second kappa shape index (κ2) is 12.8. The molecule has 1 amide bonds. The number of nitrogens with one attached hydrogen (secondary N) is 1. The first kappa shape index (κ1) is 28.0. The highest BCUT2D eigenvalue weighted by atomic mass is 79.9. The Bertz CT molecular complexity index is 965. The summed E-state index contributed by atoms with van der Waals surface area (Å²) < 4.78 is 32.6. The maximum atomic E-state index is 12.3. The van der Waals surface area contributed by atoms with Crippen LogP contribution in [0.1, 0.15) is 47.4 Å². The van der Waals surface area contributed by atoms with Crippen LogP contribution in [0.25, 0.3) is 0 Å². The number of carboxylic acids is 2. The van der Waals surface area contributed by atoms with Gasteiger partial charge in [-0.3, -0.25) is 4.79 Å². The van der Waals surface area contributed by atoms with Crippen molar-refractivity contribution in [1.82, 2.24) is 0 Å². The number of alkyl halides is 3. The van der Waals surface area contributed by atoms with E-state index in [1.807, 2.05) is 11.8 Å². The molecule has 0 fully saturated rings. The van der Waals surface area contributed by atoms with E-state index in [2.05, 4.69) is 28.2 Å². The largest absolute Gasteiger partial charge is 0.490 e. The molecule has 2 aromatic rings. The first-order chi connectivity index (χ1) is 15.4. The lowest BCUT2D eigenvalue weighted by Gasteiger charge is -2.25. The van der Waals surface area contributed by atoms with Gasteiger partial charge in [0, 0.05) is 28.8 Å². The van der Waals surface area contributed by atoms with Crippen molar-refractivity contribution in [2.24, 2.45) is 0 Å². The zero-order valence-electron chi connectivity index (χ0n) is 17.9. The standard InChI is InChI=1S/C20H23BrN2O3.C2HF3O2/c1-3-5-12-23(4-2)18-11-10-16(13-17(18)20(25)26)22-19(24)14-6-8-15(21)9-7-14;3-2(4,5)1(6)7/h6-11,13H,3-5,12H2,1-2H3,(H,22,24)(H,25,26);(H,6,7). The van der Waals surface area contributed by atoms with Gasteiger partial charge in [0.1, 0.15) is 0 Å². The molecule has 33 heavy (non-hydrogen) atoms. The number of carboxylic acid groups (broad SMARTS) is 2. The van der Waals surface area contributed by atoms with Gasteiger partial charge < -0.3 is 20.4 Å². The number of unbranched alkanes of at least 4 members (excludes halogenated alkanes) is 1. The maximum Gasteiger partial charge on any atom is 0.490 e. The van der Waals surface area contributed by atoms with Gasteiger partial charge in [-0.15, -0.1) is 0 Å². The second-order valence-electron chi connectivity index (χ2n) is 6.73. The Kier molecular flexibility index (Phi) is 10.9. The first-order valence-corrected chi connectivity index (χ1v) is 10.7. The molecular weight excluding hydrogens is 509 g/mol. The zero-order chi connectivity index (χ0) is 25.2. The highest BCUT2D eigenvalue weighted by Crippen LogP contribution is 2.25. The van der Waals surface area contributed by atoms with E-state index in [4.69, 9.17) is 9.90 Å². The third kappa shape index (κ3) is 9.13. The summed E-state index contributed by atoms with van der Waals surface area (Å²) in [6, 6.07) is 12.0. The predicted octanol–water partition coefficient (Wildman–Crippen LogP) is 5.66. The summed E-state index contributed by atoms with van der Waals surface area (Å²) in [5.41, 5.74) is 1.84. The number of hydrogen-bond acceptors (Lipinski definition) is 4. The van der Waals surface area contributed by atoms with Crippen LogP contribution >= 0.6 is 15.9 Å². The zero-order valence-corrected chi connectivity index (χ0v) is 19.5. The molecule has 0 saturated heterocycles. The number of benzene rings is 2. The molecule has 180 valence electrons. The second-order valence-corrected chi connectivity index (χ2v) is 7.65. The van der Waals surface area contributed by atoms with E-state index in [1.165, 1.54) is 6.07 Å². The number of aromatic carboxylic acids is 1. The summed E-state index contributed by atoms with van der Waals surface area (Å²) in [6.07, 6.45) is -3.05. The SMILES string of the molecule is CCCCN(CC)c1ccc(NC(=O)c2ccc(Br)cc2)cc1C(=O)O.O=C(O)C(F)(F)F. The van der Waals surface area contributed by atoms with Crippen molar-refractivity contribution in [3.63, 3.8) is 0 Å². The number of carbonyl (C=O) groups excluding carboxylic acids is 1. The fourth-order valence-corrected chi connectivity index (χ4v) is 2.93. The Morgan fingerprint density at radius 2 is 1.61 bits per heavy atom. The van der Waals surface area contributed by atoms with Gasteiger partial charge in [-0.2, -0.15) is 13.2 Å². The number of aliphatic carboxylic acids is 1. The summed E-state index contributed by atoms with van der Waals surface area (Å²) >= 11 is 3.33. The number of halogens is 4. The topological polar surface area (TPSA) is 107 Å². The Morgan fingerprint density at radius 3 is 2.06 bits per heavy atom. The van der Waals surface area contributed by atoms with Crippen molar-refractivity contribution in [3.8, 4) is 0 Å². The number of carbonyl (C=O) groups is 3. The van der Waals surface area contributed by atoms with Crippen LogP contribution in [0, 0.1) is 0 Å². The van der Waals surface area contributed by atoms with Crippen molar-refractivity contribution < 1.29 is 37.8 Å². The van der Waals surface area contributed by atoms with E-state index in [9.17, 15) is 27.9 Å². The number of amides is 1. The molecule has 2 aromatic carbocycles. The highest BCUT2D eigenvalue weighted by Gasteiger charge is 2.38. The minimum Gasteiger partial charge on any atom is -0.478 e. The molecule has 0 saturated carbocycles. The Hall–Kier alpha value is -3.08. The smallest absolute Gasteiger partial charge is 0.478 e. The van der Waals surface area contributed by atoms with Crippen LogP contribution in [0.5, 0.6) is 0 Å². The third-order valence-corrected chi connectivity index (χ3v) is 4.87. The average molecular weight is 533 g/mol. The number of hydrogen-bond donors (Lipinski definition) is 3. The average Bonchev–Trinajstić information content (AvgIpc) is 2.75. The predicted molar refractivity (Wildman–Crippen MR) is 122 cm³/mol. The number of anilines is 2. The van der Waals surface area contributed by atoms with Gasteiger partial charge in [-0.1, -0.05) is 29.3 Å². The van der Waals surface area contributed by atoms with Crippen LogP contribution in [0.15, 0.2) is 46.9 Å².